The number of rotatable bonds is 15. The van der Waals surface area contributed by atoms with E-state index in [1.807, 2.05) is 63.2 Å². The number of aryl methyl sites for hydroxylation is 3. The second kappa shape index (κ2) is 16.7. The smallest absolute Gasteiger partial charge is 0.408 e. The van der Waals surface area contributed by atoms with Gasteiger partial charge in [0.05, 0.1) is 6.42 Å². The van der Waals surface area contributed by atoms with Crippen molar-refractivity contribution in [3.8, 4) is 0 Å². The number of benzene rings is 2. The highest BCUT2D eigenvalue weighted by Gasteiger charge is 2.37. The number of unbranched alkanes of at least 4 members (excludes halogenated alkanes) is 5. The van der Waals surface area contributed by atoms with Crippen LogP contribution in [0.15, 0.2) is 42.5 Å². The highest BCUT2D eigenvalue weighted by atomic mass is 16.6. The number of amides is 4. The van der Waals surface area contributed by atoms with E-state index in [-0.39, 0.29) is 6.54 Å². The summed E-state index contributed by atoms with van der Waals surface area (Å²) in [4.78, 5) is 54.7. The molecule has 2 rings (SSSR count). The van der Waals surface area contributed by atoms with E-state index in [2.05, 4.69) is 17.6 Å². The molecule has 0 saturated carbocycles. The molecule has 0 aliphatic rings. The van der Waals surface area contributed by atoms with Crippen LogP contribution in [-0.4, -0.2) is 46.9 Å². The van der Waals surface area contributed by atoms with Crippen LogP contribution in [0, 0.1) is 20.8 Å². The van der Waals surface area contributed by atoms with Gasteiger partial charge in [-0.3, -0.25) is 14.4 Å². The second-order valence-electron chi connectivity index (χ2n) is 12.2. The van der Waals surface area contributed by atoms with Gasteiger partial charge in [0, 0.05) is 12.2 Å². The van der Waals surface area contributed by atoms with Gasteiger partial charge >= 0.3 is 6.09 Å². The molecule has 4 N–H and O–H groups in total. The maximum atomic E-state index is 14.3. The number of primary amides is 1. The molecular formula is C34H50N4O5. The van der Waals surface area contributed by atoms with Crippen LogP contribution >= 0.6 is 0 Å². The minimum absolute atomic E-state index is 0.245. The van der Waals surface area contributed by atoms with Gasteiger partial charge < -0.3 is 26.0 Å². The van der Waals surface area contributed by atoms with Crippen LogP contribution in [-0.2, 0) is 19.1 Å². The Balaban J connectivity index is 2.56. The maximum absolute atomic E-state index is 14.3. The lowest BCUT2D eigenvalue weighted by molar-refractivity contribution is -0.142. The van der Waals surface area contributed by atoms with Gasteiger partial charge in [0.15, 0.2) is 0 Å². The van der Waals surface area contributed by atoms with Gasteiger partial charge in [-0.25, -0.2) is 4.79 Å². The van der Waals surface area contributed by atoms with Gasteiger partial charge in [-0.15, -0.1) is 0 Å². The summed E-state index contributed by atoms with van der Waals surface area (Å²) in [5.74, 6) is -1.74. The van der Waals surface area contributed by atoms with E-state index in [0.29, 0.717) is 17.7 Å². The molecule has 4 amide bonds. The van der Waals surface area contributed by atoms with Crippen LogP contribution in [0.5, 0.6) is 0 Å². The first-order valence-electron chi connectivity index (χ1n) is 15.3. The Morgan fingerprint density at radius 3 is 2.14 bits per heavy atom. The fourth-order valence-electron chi connectivity index (χ4n) is 4.80. The van der Waals surface area contributed by atoms with Crippen molar-refractivity contribution < 1.29 is 23.9 Å². The fourth-order valence-corrected chi connectivity index (χ4v) is 4.80. The molecule has 0 radical (unpaired) electrons. The standard InChI is InChI=1S/C34H50N4O5/c1-8-9-10-11-12-15-20-38(32(41)28(22-29(35)39)37-33(42)43-34(5,6)7)30(26-19-18-23(2)25(4)21-26)31(40)36-27-17-14-13-16-24(27)3/h13-14,16-19,21,28,30H,8-12,15,20,22H2,1-7H3,(H2,35,39)(H,36,40)(H,37,42). The highest BCUT2D eigenvalue weighted by Crippen LogP contribution is 2.28. The summed E-state index contributed by atoms with van der Waals surface area (Å²) in [6.45, 7) is 13.3. The molecule has 43 heavy (non-hydrogen) atoms. The van der Waals surface area contributed by atoms with Crippen molar-refractivity contribution in [3.63, 3.8) is 0 Å². The predicted octanol–water partition coefficient (Wildman–Crippen LogP) is 6.25. The summed E-state index contributed by atoms with van der Waals surface area (Å²) in [5.41, 5.74) is 8.86. The van der Waals surface area contributed by atoms with Crippen LogP contribution in [0.25, 0.3) is 0 Å². The largest absolute Gasteiger partial charge is 0.444 e. The van der Waals surface area contributed by atoms with Crippen LogP contribution in [0.4, 0.5) is 10.5 Å². The summed E-state index contributed by atoms with van der Waals surface area (Å²) >= 11 is 0. The van der Waals surface area contributed by atoms with Gasteiger partial charge in [0.1, 0.15) is 17.7 Å². The summed E-state index contributed by atoms with van der Waals surface area (Å²) in [6, 6.07) is 10.8. The zero-order valence-corrected chi connectivity index (χ0v) is 26.9. The van der Waals surface area contributed by atoms with Crippen LogP contribution in [0.3, 0.4) is 0 Å². The third-order valence-electron chi connectivity index (χ3n) is 7.24. The van der Waals surface area contributed by atoms with E-state index in [9.17, 15) is 19.2 Å². The first-order chi connectivity index (χ1) is 20.2. The Morgan fingerprint density at radius 2 is 1.53 bits per heavy atom. The number of para-hydroxylation sites is 1. The molecule has 2 aromatic carbocycles. The van der Waals surface area contributed by atoms with Crippen molar-refractivity contribution in [2.24, 2.45) is 5.73 Å². The minimum atomic E-state index is -1.31. The van der Waals surface area contributed by atoms with E-state index in [1.54, 1.807) is 20.8 Å². The summed E-state index contributed by atoms with van der Waals surface area (Å²) in [7, 11) is 0. The number of nitrogens with one attached hydrogen (secondary N) is 2. The van der Waals surface area contributed by atoms with Crippen LogP contribution in [0.2, 0.25) is 0 Å². The van der Waals surface area contributed by atoms with Crippen molar-refractivity contribution in [3.05, 3.63) is 64.7 Å². The van der Waals surface area contributed by atoms with Crippen molar-refractivity contribution in [1.29, 1.82) is 0 Å². The highest BCUT2D eigenvalue weighted by molar-refractivity contribution is 6.00. The van der Waals surface area contributed by atoms with E-state index in [4.69, 9.17) is 10.5 Å². The number of nitrogens with two attached hydrogens (primary N) is 1. The number of nitrogens with zero attached hydrogens (tertiary/aromatic N) is 1. The SMILES string of the molecule is CCCCCCCCN(C(=O)C(CC(N)=O)NC(=O)OC(C)(C)C)C(C(=O)Nc1ccccc1C)c1ccc(C)c(C)c1. The molecule has 0 saturated heterocycles. The average Bonchev–Trinajstić information content (AvgIpc) is 2.91. The normalized spacial score (nSPS) is 12.6. The second-order valence-corrected chi connectivity index (χ2v) is 12.2. The molecule has 236 valence electrons. The first-order valence-corrected chi connectivity index (χ1v) is 15.3. The Bertz CT molecular complexity index is 1250. The molecule has 0 aromatic heterocycles. The lowest BCUT2D eigenvalue weighted by Gasteiger charge is -2.34. The summed E-state index contributed by atoms with van der Waals surface area (Å²) in [6.07, 6.45) is 4.55. The lowest BCUT2D eigenvalue weighted by atomic mass is 9.97. The van der Waals surface area contributed by atoms with Crippen molar-refractivity contribution >= 4 is 29.5 Å². The Morgan fingerprint density at radius 1 is 0.884 bits per heavy atom. The summed E-state index contributed by atoms with van der Waals surface area (Å²) < 4.78 is 5.38. The Hall–Kier alpha value is -3.88. The zero-order chi connectivity index (χ0) is 32.2. The van der Waals surface area contributed by atoms with E-state index < -0.39 is 47.9 Å². The van der Waals surface area contributed by atoms with Gasteiger partial charge in [0.2, 0.25) is 11.8 Å². The molecular weight excluding hydrogens is 544 g/mol. The molecule has 0 aliphatic carbocycles. The summed E-state index contributed by atoms with van der Waals surface area (Å²) in [5, 5.41) is 5.55. The molecule has 2 unspecified atom stereocenters. The van der Waals surface area contributed by atoms with Gasteiger partial charge in [-0.1, -0.05) is 75.4 Å². The molecule has 9 heteroatoms. The molecule has 9 nitrogen and oxygen atoms in total. The fraction of sp³-hybridized carbons (Fsp3) is 0.529. The van der Waals surface area contributed by atoms with Gasteiger partial charge in [-0.2, -0.15) is 0 Å². The van der Waals surface area contributed by atoms with Crippen molar-refractivity contribution in [2.75, 3.05) is 11.9 Å². The molecule has 2 atom stereocenters. The monoisotopic (exact) mass is 594 g/mol. The first kappa shape index (κ1) is 35.3. The number of anilines is 1. The number of alkyl carbamates (subject to hydrolysis) is 1. The van der Waals surface area contributed by atoms with E-state index >= 15 is 0 Å². The predicted molar refractivity (Wildman–Crippen MR) is 171 cm³/mol. The van der Waals surface area contributed by atoms with Gasteiger partial charge in [0.25, 0.3) is 5.91 Å². The number of carbonyl (C=O) groups excluding carboxylic acids is 4. The molecule has 0 bridgehead atoms. The van der Waals surface area contributed by atoms with E-state index in [1.165, 1.54) is 4.90 Å². The molecule has 2 aromatic rings. The number of hydrogen-bond acceptors (Lipinski definition) is 5. The lowest BCUT2D eigenvalue weighted by Crippen LogP contribution is -2.53. The number of carbonyl (C=O) groups is 4. The molecule has 0 aliphatic heterocycles. The van der Waals surface area contributed by atoms with Crippen LogP contribution < -0.4 is 16.4 Å². The molecule has 0 spiro atoms. The van der Waals surface area contributed by atoms with Crippen molar-refractivity contribution in [1.82, 2.24) is 10.2 Å². The zero-order valence-electron chi connectivity index (χ0n) is 26.9. The average molecular weight is 595 g/mol. The maximum Gasteiger partial charge on any atom is 0.408 e. The number of ether oxygens (including phenoxy) is 1. The Kier molecular flexibility index (Phi) is 13.7. The van der Waals surface area contributed by atoms with Gasteiger partial charge in [-0.05, 0) is 76.3 Å². The third kappa shape index (κ3) is 11.7. The molecule has 0 heterocycles. The quantitative estimate of drug-likeness (QED) is 0.210. The topological polar surface area (TPSA) is 131 Å². The Labute approximate surface area is 256 Å². The van der Waals surface area contributed by atoms with Crippen LogP contribution in [0.1, 0.15) is 101 Å². The van der Waals surface area contributed by atoms with Crippen molar-refractivity contribution in [2.45, 2.75) is 111 Å². The third-order valence-corrected chi connectivity index (χ3v) is 7.24. The van der Waals surface area contributed by atoms with E-state index in [0.717, 1.165) is 48.8 Å². The number of hydrogen-bond donors (Lipinski definition) is 3. The minimum Gasteiger partial charge on any atom is -0.444 e. The molecule has 0 fully saturated rings.